The van der Waals surface area contributed by atoms with Gasteiger partial charge < -0.3 is 4.74 Å². The third kappa shape index (κ3) is 2.72. The van der Waals surface area contributed by atoms with Crippen LogP contribution in [0.25, 0.3) is 5.69 Å². The Balaban J connectivity index is 1.91. The number of sulfonamides is 1. The van der Waals surface area contributed by atoms with Crippen LogP contribution in [0, 0.1) is 6.92 Å². The molecule has 0 bridgehead atoms. The minimum absolute atomic E-state index is 0.179. The van der Waals surface area contributed by atoms with Crippen molar-refractivity contribution in [2.24, 2.45) is 0 Å². The van der Waals surface area contributed by atoms with Crippen molar-refractivity contribution in [2.75, 3.05) is 26.3 Å². The van der Waals surface area contributed by atoms with Gasteiger partial charge in [0, 0.05) is 24.8 Å². The maximum absolute atomic E-state index is 12.5. The molecule has 3 rings (SSSR count). The molecule has 1 N–H and O–H groups in total. The SMILES string of the molecule is Cc1cc(=O)n(-c2ccc(S(=O)(=O)N3CCOCC3)cc2)[nH]1. The van der Waals surface area contributed by atoms with Gasteiger partial charge in [-0.2, -0.15) is 4.31 Å². The summed E-state index contributed by atoms with van der Waals surface area (Å²) in [5, 5.41) is 2.91. The summed E-state index contributed by atoms with van der Waals surface area (Å²) in [6, 6.07) is 7.75. The first-order valence-corrected chi connectivity index (χ1v) is 8.39. The van der Waals surface area contributed by atoms with Crippen LogP contribution in [-0.2, 0) is 14.8 Å². The smallest absolute Gasteiger partial charge is 0.271 e. The van der Waals surface area contributed by atoms with E-state index in [-0.39, 0.29) is 10.5 Å². The summed E-state index contributed by atoms with van der Waals surface area (Å²) in [6.07, 6.45) is 0. The van der Waals surface area contributed by atoms with Gasteiger partial charge in [0.15, 0.2) is 0 Å². The molecule has 1 aliphatic heterocycles. The van der Waals surface area contributed by atoms with Crippen molar-refractivity contribution >= 4 is 10.0 Å². The van der Waals surface area contributed by atoms with Gasteiger partial charge in [0.25, 0.3) is 5.56 Å². The lowest BCUT2D eigenvalue weighted by atomic mass is 10.3. The number of nitrogens with one attached hydrogen (secondary N) is 1. The Hall–Kier alpha value is -1.90. The van der Waals surface area contributed by atoms with Crippen LogP contribution in [0.5, 0.6) is 0 Å². The quantitative estimate of drug-likeness (QED) is 0.891. The highest BCUT2D eigenvalue weighted by Gasteiger charge is 2.26. The van der Waals surface area contributed by atoms with Crippen molar-refractivity contribution in [3.05, 3.63) is 46.4 Å². The molecule has 0 unspecified atom stereocenters. The summed E-state index contributed by atoms with van der Waals surface area (Å²) in [5.74, 6) is 0. The maximum atomic E-state index is 12.5. The molecule has 2 aromatic rings. The molecule has 118 valence electrons. The molecule has 7 nitrogen and oxygen atoms in total. The third-order valence-corrected chi connectivity index (χ3v) is 5.46. The van der Waals surface area contributed by atoms with Gasteiger partial charge in [-0.05, 0) is 31.2 Å². The van der Waals surface area contributed by atoms with E-state index in [0.29, 0.717) is 32.0 Å². The lowest BCUT2D eigenvalue weighted by Crippen LogP contribution is -2.40. The zero-order valence-electron chi connectivity index (χ0n) is 12.2. The number of H-pyrrole nitrogens is 1. The Bertz CT molecular complexity index is 815. The van der Waals surface area contributed by atoms with Gasteiger partial charge in [-0.3, -0.25) is 9.89 Å². The molecule has 1 aromatic heterocycles. The van der Waals surface area contributed by atoms with Gasteiger partial charge in [0.2, 0.25) is 10.0 Å². The Morgan fingerprint density at radius 1 is 1.14 bits per heavy atom. The molecule has 1 fully saturated rings. The van der Waals surface area contributed by atoms with Crippen LogP contribution < -0.4 is 5.56 Å². The number of aryl methyl sites for hydroxylation is 1. The summed E-state index contributed by atoms with van der Waals surface area (Å²) < 4.78 is 33.0. The van der Waals surface area contributed by atoms with Gasteiger partial charge in [0.1, 0.15) is 0 Å². The number of morpholine rings is 1. The molecule has 22 heavy (non-hydrogen) atoms. The van der Waals surface area contributed by atoms with E-state index in [2.05, 4.69) is 5.10 Å². The molecule has 0 radical (unpaired) electrons. The van der Waals surface area contributed by atoms with E-state index >= 15 is 0 Å². The van der Waals surface area contributed by atoms with Crippen LogP contribution in [0.1, 0.15) is 5.69 Å². The van der Waals surface area contributed by atoms with E-state index in [1.807, 2.05) is 0 Å². The van der Waals surface area contributed by atoms with Crippen LogP contribution in [0.3, 0.4) is 0 Å². The molecule has 2 heterocycles. The number of hydrogen-bond acceptors (Lipinski definition) is 4. The number of benzene rings is 1. The minimum atomic E-state index is -3.51. The van der Waals surface area contributed by atoms with Crippen LogP contribution >= 0.6 is 0 Å². The number of hydrogen-bond donors (Lipinski definition) is 1. The van der Waals surface area contributed by atoms with E-state index in [9.17, 15) is 13.2 Å². The van der Waals surface area contributed by atoms with E-state index in [0.717, 1.165) is 5.69 Å². The fraction of sp³-hybridized carbons (Fsp3) is 0.357. The number of aromatic nitrogens is 2. The zero-order valence-corrected chi connectivity index (χ0v) is 13.0. The number of nitrogens with zero attached hydrogens (tertiary/aromatic N) is 2. The molecule has 0 saturated carbocycles. The Kier molecular flexibility index (Phi) is 3.90. The van der Waals surface area contributed by atoms with Crippen molar-refractivity contribution in [3.8, 4) is 5.69 Å². The molecule has 1 aliphatic rings. The highest BCUT2D eigenvalue weighted by atomic mass is 32.2. The van der Waals surface area contributed by atoms with Crippen LogP contribution in [-0.4, -0.2) is 48.8 Å². The van der Waals surface area contributed by atoms with E-state index in [4.69, 9.17) is 4.74 Å². The van der Waals surface area contributed by atoms with Crippen LogP contribution in [0.4, 0.5) is 0 Å². The molecule has 8 heteroatoms. The Labute approximate surface area is 128 Å². The Morgan fingerprint density at radius 2 is 1.77 bits per heavy atom. The second-order valence-electron chi connectivity index (χ2n) is 5.12. The summed E-state index contributed by atoms with van der Waals surface area (Å²) in [7, 11) is -3.51. The largest absolute Gasteiger partial charge is 0.379 e. The standard InChI is InChI=1S/C14H17N3O4S/c1-11-10-14(18)17(15-11)12-2-4-13(5-3-12)22(19,20)16-6-8-21-9-7-16/h2-5,10,15H,6-9H2,1H3. The predicted molar refractivity (Wildman–Crippen MR) is 80.7 cm³/mol. The fourth-order valence-corrected chi connectivity index (χ4v) is 3.82. The van der Waals surface area contributed by atoms with E-state index < -0.39 is 10.0 Å². The molecular formula is C14H17N3O4S. The first kappa shape index (κ1) is 15.0. The van der Waals surface area contributed by atoms with Gasteiger partial charge >= 0.3 is 0 Å². The van der Waals surface area contributed by atoms with Crippen LogP contribution in [0.15, 0.2) is 40.0 Å². The Morgan fingerprint density at radius 3 is 2.32 bits per heavy atom. The lowest BCUT2D eigenvalue weighted by molar-refractivity contribution is 0.0730. The topological polar surface area (TPSA) is 84.4 Å². The van der Waals surface area contributed by atoms with Gasteiger partial charge in [-0.1, -0.05) is 0 Å². The number of rotatable bonds is 3. The molecule has 0 amide bonds. The average Bonchev–Trinajstić information content (AvgIpc) is 2.87. The first-order valence-electron chi connectivity index (χ1n) is 6.95. The van der Waals surface area contributed by atoms with E-state index in [1.165, 1.54) is 27.2 Å². The summed E-state index contributed by atoms with van der Waals surface area (Å²) >= 11 is 0. The number of aromatic amines is 1. The predicted octanol–water partition coefficient (Wildman–Crippen LogP) is 0.495. The van der Waals surface area contributed by atoms with Crippen molar-refractivity contribution in [3.63, 3.8) is 0 Å². The highest BCUT2D eigenvalue weighted by Crippen LogP contribution is 2.18. The van der Waals surface area contributed by atoms with Crippen molar-refractivity contribution < 1.29 is 13.2 Å². The average molecular weight is 323 g/mol. The van der Waals surface area contributed by atoms with E-state index in [1.54, 1.807) is 19.1 Å². The third-order valence-electron chi connectivity index (χ3n) is 3.55. The monoisotopic (exact) mass is 323 g/mol. The highest BCUT2D eigenvalue weighted by molar-refractivity contribution is 7.89. The molecule has 0 atom stereocenters. The second kappa shape index (κ2) is 5.71. The summed E-state index contributed by atoms with van der Waals surface area (Å²) in [6.45, 7) is 3.33. The van der Waals surface area contributed by atoms with Gasteiger partial charge in [-0.15, -0.1) is 0 Å². The maximum Gasteiger partial charge on any atom is 0.271 e. The minimum Gasteiger partial charge on any atom is -0.379 e. The number of ether oxygens (including phenoxy) is 1. The van der Waals surface area contributed by atoms with Crippen molar-refractivity contribution in [2.45, 2.75) is 11.8 Å². The first-order chi connectivity index (χ1) is 10.5. The summed E-state index contributed by atoms with van der Waals surface area (Å²) in [5.41, 5.74) is 1.16. The molecule has 0 spiro atoms. The second-order valence-corrected chi connectivity index (χ2v) is 7.06. The van der Waals surface area contributed by atoms with Crippen molar-refractivity contribution in [1.29, 1.82) is 0 Å². The molecule has 0 aliphatic carbocycles. The normalized spacial score (nSPS) is 16.8. The zero-order chi connectivity index (χ0) is 15.7. The molecule has 1 aromatic carbocycles. The van der Waals surface area contributed by atoms with Gasteiger partial charge in [-0.25, -0.2) is 13.1 Å². The lowest BCUT2D eigenvalue weighted by Gasteiger charge is -2.26. The fourth-order valence-electron chi connectivity index (χ4n) is 2.41. The molecule has 1 saturated heterocycles. The van der Waals surface area contributed by atoms with Crippen molar-refractivity contribution in [1.82, 2.24) is 14.1 Å². The van der Waals surface area contributed by atoms with Crippen LogP contribution in [0.2, 0.25) is 0 Å². The van der Waals surface area contributed by atoms with Gasteiger partial charge in [0.05, 0.1) is 23.8 Å². The summed E-state index contributed by atoms with van der Waals surface area (Å²) in [4.78, 5) is 12.0. The molecular weight excluding hydrogens is 306 g/mol.